The zero-order valence-electron chi connectivity index (χ0n) is 16.0. The van der Waals surface area contributed by atoms with Gasteiger partial charge in [-0.2, -0.15) is 0 Å². The molecular formula is C22H24N2O4. The van der Waals surface area contributed by atoms with Gasteiger partial charge in [0.2, 0.25) is 12.7 Å². The molecule has 2 heterocycles. The maximum atomic E-state index is 13.1. The lowest BCUT2D eigenvalue weighted by atomic mass is 10.1. The van der Waals surface area contributed by atoms with E-state index in [0.29, 0.717) is 31.6 Å². The largest absolute Gasteiger partial charge is 0.454 e. The highest BCUT2D eigenvalue weighted by Gasteiger charge is 2.21. The van der Waals surface area contributed by atoms with Crippen LogP contribution in [0.25, 0.3) is 0 Å². The minimum Gasteiger partial charge on any atom is -0.454 e. The molecule has 0 radical (unpaired) electrons. The molecule has 2 aliphatic heterocycles. The summed E-state index contributed by atoms with van der Waals surface area (Å²) < 4.78 is 10.8. The zero-order valence-corrected chi connectivity index (χ0v) is 16.0. The second-order valence-corrected chi connectivity index (χ2v) is 7.13. The van der Waals surface area contributed by atoms with Crippen LogP contribution in [0.4, 0.5) is 0 Å². The number of rotatable bonds is 6. The van der Waals surface area contributed by atoms with Crippen molar-refractivity contribution in [1.29, 1.82) is 0 Å². The van der Waals surface area contributed by atoms with Crippen LogP contribution in [0, 0.1) is 0 Å². The first-order valence-electron chi connectivity index (χ1n) is 9.68. The zero-order chi connectivity index (χ0) is 19.5. The Hall–Kier alpha value is -3.02. The Morgan fingerprint density at radius 2 is 1.96 bits per heavy atom. The Kier molecular flexibility index (Phi) is 5.19. The molecule has 146 valence electrons. The number of benzene rings is 2. The summed E-state index contributed by atoms with van der Waals surface area (Å²) in [6, 6.07) is 13.3. The second kappa shape index (κ2) is 7.92. The van der Waals surface area contributed by atoms with E-state index in [-0.39, 0.29) is 18.6 Å². The number of hydrogen-bond acceptors (Lipinski definition) is 4. The Balaban J connectivity index is 1.47. The number of nitrogens with zero attached hydrogens (tertiary/aromatic N) is 2. The number of likely N-dealkylation sites (tertiary alicyclic amines) is 1. The van der Waals surface area contributed by atoms with Crippen molar-refractivity contribution in [3.63, 3.8) is 0 Å². The first kappa shape index (κ1) is 18.3. The van der Waals surface area contributed by atoms with Crippen LogP contribution in [0.3, 0.4) is 0 Å². The maximum Gasteiger partial charge on any atom is 0.254 e. The van der Waals surface area contributed by atoms with Gasteiger partial charge >= 0.3 is 0 Å². The summed E-state index contributed by atoms with van der Waals surface area (Å²) in [5.41, 5.74) is 2.63. The molecule has 6 heteroatoms. The minimum atomic E-state index is -0.0187. The third-order valence-corrected chi connectivity index (χ3v) is 5.20. The highest BCUT2D eigenvalue weighted by molar-refractivity contribution is 5.94. The first-order chi connectivity index (χ1) is 13.6. The van der Waals surface area contributed by atoms with E-state index in [1.165, 1.54) is 0 Å². The molecule has 1 fully saturated rings. The van der Waals surface area contributed by atoms with Crippen LogP contribution < -0.4 is 9.47 Å². The average Bonchev–Trinajstić information content (AvgIpc) is 3.34. The van der Waals surface area contributed by atoms with Crippen LogP contribution in [-0.2, 0) is 17.9 Å². The molecule has 2 aliphatic rings. The standard InChI is InChI=1S/C22H24N2O4/c1-2-23(13-17-8-9-19-20(12-17)28-15-27-19)22(26)18-6-3-5-16(11-18)14-24-10-4-7-21(24)25/h3,5-6,8-9,11-12H,2,4,7,10,13-15H2,1H3. The van der Waals surface area contributed by atoms with Gasteiger partial charge in [-0.15, -0.1) is 0 Å². The van der Waals surface area contributed by atoms with E-state index in [1.807, 2.05) is 54.3 Å². The molecule has 4 rings (SSSR count). The van der Waals surface area contributed by atoms with Gasteiger partial charge in [0.05, 0.1) is 0 Å². The topological polar surface area (TPSA) is 59.1 Å². The van der Waals surface area contributed by atoms with E-state index in [2.05, 4.69) is 0 Å². The monoisotopic (exact) mass is 380 g/mol. The molecule has 2 amide bonds. The number of ether oxygens (including phenoxy) is 2. The Labute approximate surface area is 164 Å². The summed E-state index contributed by atoms with van der Waals surface area (Å²) in [4.78, 5) is 28.6. The summed E-state index contributed by atoms with van der Waals surface area (Å²) in [6.45, 7) is 4.67. The second-order valence-electron chi connectivity index (χ2n) is 7.13. The average molecular weight is 380 g/mol. The van der Waals surface area contributed by atoms with E-state index < -0.39 is 0 Å². The van der Waals surface area contributed by atoms with Gasteiger partial charge in [-0.3, -0.25) is 9.59 Å². The number of carbonyl (C=O) groups is 2. The highest BCUT2D eigenvalue weighted by atomic mass is 16.7. The summed E-state index contributed by atoms with van der Waals surface area (Å²) in [7, 11) is 0. The van der Waals surface area contributed by atoms with E-state index in [9.17, 15) is 9.59 Å². The summed E-state index contributed by atoms with van der Waals surface area (Å²) in [5, 5.41) is 0. The summed E-state index contributed by atoms with van der Waals surface area (Å²) >= 11 is 0. The van der Waals surface area contributed by atoms with Crippen molar-refractivity contribution in [2.24, 2.45) is 0 Å². The third kappa shape index (κ3) is 3.81. The first-order valence-corrected chi connectivity index (χ1v) is 9.68. The van der Waals surface area contributed by atoms with Gasteiger partial charge in [0.15, 0.2) is 11.5 Å². The third-order valence-electron chi connectivity index (χ3n) is 5.20. The molecule has 28 heavy (non-hydrogen) atoms. The summed E-state index contributed by atoms with van der Waals surface area (Å²) in [5.74, 6) is 1.63. The van der Waals surface area contributed by atoms with Crippen molar-refractivity contribution in [2.75, 3.05) is 19.9 Å². The van der Waals surface area contributed by atoms with Crippen molar-refractivity contribution >= 4 is 11.8 Å². The molecule has 0 aliphatic carbocycles. The Morgan fingerprint density at radius 1 is 1.11 bits per heavy atom. The molecule has 0 aromatic heterocycles. The number of hydrogen-bond donors (Lipinski definition) is 0. The fraction of sp³-hybridized carbons (Fsp3) is 0.364. The van der Waals surface area contributed by atoms with E-state index in [1.54, 1.807) is 4.90 Å². The van der Waals surface area contributed by atoms with Crippen molar-refractivity contribution < 1.29 is 19.1 Å². The predicted octanol–water partition coefficient (Wildman–Crippen LogP) is 3.20. The van der Waals surface area contributed by atoms with Gasteiger partial charge in [0, 0.05) is 38.2 Å². The van der Waals surface area contributed by atoms with E-state index in [4.69, 9.17) is 9.47 Å². The normalized spacial score (nSPS) is 15.2. The lowest BCUT2D eigenvalue weighted by Gasteiger charge is -2.22. The van der Waals surface area contributed by atoms with Crippen LogP contribution in [0.5, 0.6) is 11.5 Å². The quantitative estimate of drug-likeness (QED) is 0.772. The molecule has 0 spiro atoms. The molecular weight excluding hydrogens is 356 g/mol. The molecule has 0 atom stereocenters. The van der Waals surface area contributed by atoms with Gasteiger partial charge in [-0.25, -0.2) is 0 Å². The molecule has 1 saturated heterocycles. The van der Waals surface area contributed by atoms with Crippen molar-refractivity contribution in [3.05, 3.63) is 59.2 Å². The molecule has 6 nitrogen and oxygen atoms in total. The van der Waals surface area contributed by atoms with Crippen molar-refractivity contribution in [2.45, 2.75) is 32.9 Å². The Morgan fingerprint density at radius 3 is 2.75 bits per heavy atom. The summed E-state index contributed by atoms with van der Waals surface area (Å²) in [6.07, 6.45) is 1.54. The van der Waals surface area contributed by atoms with Crippen LogP contribution >= 0.6 is 0 Å². The fourth-order valence-electron chi connectivity index (χ4n) is 3.66. The minimum absolute atomic E-state index is 0.0187. The van der Waals surface area contributed by atoms with Crippen molar-refractivity contribution in [1.82, 2.24) is 9.80 Å². The number of fused-ring (bicyclic) bond motifs is 1. The lowest BCUT2D eigenvalue weighted by molar-refractivity contribution is -0.128. The van der Waals surface area contributed by atoms with Gasteiger partial charge in [-0.05, 0) is 48.7 Å². The smallest absolute Gasteiger partial charge is 0.254 e. The number of amides is 2. The molecule has 0 saturated carbocycles. The van der Waals surface area contributed by atoms with Gasteiger partial charge in [-0.1, -0.05) is 18.2 Å². The maximum absolute atomic E-state index is 13.1. The number of carbonyl (C=O) groups excluding carboxylic acids is 2. The van der Waals surface area contributed by atoms with Crippen LogP contribution in [0.15, 0.2) is 42.5 Å². The van der Waals surface area contributed by atoms with Crippen LogP contribution in [0.1, 0.15) is 41.3 Å². The molecule has 2 aromatic carbocycles. The molecule has 0 bridgehead atoms. The predicted molar refractivity (Wildman–Crippen MR) is 104 cm³/mol. The molecule has 0 unspecified atom stereocenters. The van der Waals surface area contributed by atoms with Crippen LogP contribution in [0.2, 0.25) is 0 Å². The van der Waals surface area contributed by atoms with Gasteiger partial charge < -0.3 is 19.3 Å². The van der Waals surface area contributed by atoms with E-state index >= 15 is 0 Å². The van der Waals surface area contributed by atoms with Crippen LogP contribution in [-0.4, -0.2) is 41.5 Å². The van der Waals surface area contributed by atoms with Gasteiger partial charge in [0.25, 0.3) is 5.91 Å². The van der Waals surface area contributed by atoms with E-state index in [0.717, 1.165) is 35.6 Å². The highest BCUT2D eigenvalue weighted by Crippen LogP contribution is 2.33. The van der Waals surface area contributed by atoms with Gasteiger partial charge in [0.1, 0.15) is 0 Å². The fourth-order valence-corrected chi connectivity index (χ4v) is 3.66. The Bertz CT molecular complexity index is 896. The molecule has 2 aromatic rings. The van der Waals surface area contributed by atoms with Crippen molar-refractivity contribution in [3.8, 4) is 11.5 Å². The molecule has 0 N–H and O–H groups in total. The lowest BCUT2D eigenvalue weighted by Crippen LogP contribution is -2.30. The SMILES string of the molecule is CCN(Cc1ccc2c(c1)OCO2)C(=O)c1cccc(CN2CCCC2=O)c1.